The minimum absolute atomic E-state index is 0.0217. The van der Waals surface area contributed by atoms with Gasteiger partial charge in [0.25, 0.3) is 5.91 Å². The Labute approximate surface area is 190 Å². The second kappa shape index (κ2) is 9.78. The third kappa shape index (κ3) is 5.23. The number of anilines is 1. The minimum Gasteiger partial charge on any atom is -0.445 e. The minimum atomic E-state index is -1.11. The highest BCUT2D eigenvalue weighted by molar-refractivity contribution is 6.29. The molecule has 2 aromatic carbocycles. The van der Waals surface area contributed by atoms with Gasteiger partial charge in [0, 0.05) is 5.56 Å². The lowest BCUT2D eigenvalue weighted by Gasteiger charge is -2.43. The van der Waals surface area contributed by atoms with Gasteiger partial charge < -0.3 is 10.1 Å². The van der Waals surface area contributed by atoms with Gasteiger partial charge in [0.2, 0.25) is 0 Å². The molecule has 0 spiro atoms. The number of halogens is 2. The number of hydrogen-bond acceptors (Lipinski definition) is 4. The van der Waals surface area contributed by atoms with E-state index in [1.165, 1.54) is 11.1 Å². The molecule has 0 saturated carbocycles. The summed E-state index contributed by atoms with van der Waals surface area (Å²) >= 11 is 5.74. The predicted molar refractivity (Wildman–Crippen MR) is 119 cm³/mol. The Morgan fingerprint density at radius 1 is 1.06 bits per heavy atom. The van der Waals surface area contributed by atoms with Crippen LogP contribution in [0.1, 0.15) is 21.5 Å². The number of rotatable bonds is 6. The van der Waals surface area contributed by atoms with Crippen LogP contribution in [0.25, 0.3) is 0 Å². The summed E-state index contributed by atoms with van der Waals surface area (Å²) in [5, 5.41) is 3.08. The molecule has 1 saturated heterocycles. The lowest BCUT2D eigenvalue weighted by Crippen LogP contribution is -2.61. The van der Waals surface area contributed by atoms with E-state index in [1.807, 2.05) is 30.3 Å². The quantitative estimate of drug-likeness (QED) is 0.539. The first kappa shape index (κ1) is 21.8. The van der Waals surface area contributed by atoms with E-state index in [9.17, 15) is 14.0 Å². The van der Waals surface area contributed by atoms with Crippen molar-refractivity contribution < 1.29 is 18.7 Å². The first-order chi connectivity index (χ1) is 15.5. The van der Waals surface area contributed by atoms with Gasteiger partial charge in [-0.3, -0.25) is 9.69 Å². The first-order valence-corrected chi connectivity index (χ1v) is 10.5. The van der Waals surface area contributed by atoms with Crippen LogP contribution in [0.3, 0.4) is 0 Å². The van der Waals surface area contributed by atoms with Gasteiger partial charge in [-0.05, 0) is 41.8 Å². The lowest BCUT2D eigenvalue weighted by molar-refractivity contribution is -0.0132. The van der Waals surface area contributed by atoms with Crippen molar-refractivity contribution in [1.29, 1.82) is 0 Å². The number of nitrogens with zero attached hydrogens (tertiary/aromatic N) is 2. The Bertz CT molecular complexity index is 1080. The molecular formula is C24H21ClFN3O3. The molecule has 2 amide bonds. The summed E-state index contributed by atoms with van der Waals surface area (Å²) in [5.41, 5.74) is 2.68. The zero-order valence-electron chi connectivity index (χ0n) is 17.1. The number of nitrogens with one attached hydrogen (secondary N) is 1. The SMILES string of the molecule is O=C(Nc1ccc(Cl)nc1)c1ccc(C[C@H]2[C@@H](F)CN2C(=O)OCc2ccccc2)cc1. The number of alkyl halides is 1. The van der Waals surface area contributed by atoms with E-state index >= 15 is 0 Å². The summed E-state index contributed by atoms with van der Waals surface area (Å²) in [5.74, 6) is -0.293. The monoisotopic (exact) mass is 453 g/mol. The Morgan fingerprint density at radius 2 is 1.81 bits per heavy atom. The van der Waals surface area contributed by atoms with Crippen LogP contribution in [0.5, 0.6) is 0 Å². The molecule has 0 aliphatic carbocycles. The number of benzene rings is 2. The van der Waals surface area contributed by atoms with Crippen molar-refractivity contribution in [3.63, 3.8) is 0 Å². The van der Waals surface area contributed by atoms with E-state index in [0.717, 1.165) is 11.1 Å². The predicted octanol–water partition coefficient (Wildman–Crippen LogP) is 4.89. The lowest BCUT2D eigenvalue weighted by atomic mass is 9.93. The molecule has 164 valence electrons. The average molecular weight is 454 g/mol. The van der Waals surface area contributed by atoms with Gasteiger partial charge in [0.05, 0.1) is 24.5 Å². The van der Waals surface area contributed by atoms with Crippen LogP contribution in [0.15, 0.2) is 72.9 Å². The van der Waals surface area contributed by atoms with Crippen molar-refractivity contribution in [2.24, 2.45) is 0 Å². The molecule has 1 N–H and O–H groups in total. The van der Waals surface area contributed by atoms with Crippen molar-refractivity contribution >= 4 is 29.3 Å². The molecule has 8 heteroatoms. The summed E-state index contributed by atoms with van der Waals surface area (Å²) in [6.07, 6.45) is 0.169. The molecule has 4 rings (SSSR count). The highest BCUT2D eigenvalue weighted by atomic mass is 35.5. The zero-order chi connectivity index (χ0) is 22.5. The van der Waals surface area contributed by atoms with Gasteiger partial charge >= 0.3 is 6.09 Å². The molecule has 0 unspecified atom stereocenters. The molecule has 1 aliphatic rings. The number of likely N-dealkylation sites (tertiary alicyclic amines) is 1. The van der Waals surface area contributed by atoms with Gasteiger partial charge in [-0.25, -0.2) is 14.2 Å². The van der Waals surface area contributed by atoms with E-state index in [2.05, 4.69) is 10.3 Å². The van der Waals surface area contributed by atoms with E-state index in [1.54, 1.807) is 36.4 Å². The molecule has 2 heterocycles. The summed E-state index contributed by atoms with van der Waals surface area (Å²) in [7, 11) is 0. The van der Waals surface area contributed by atoms with Crippen molar-refractivity contribution in [1.82, 2.24) is 9.88 Å². The molecule has 2 atom stereocenters. The fourth-order valence-corrected chi connectivity index (χ4v) is 3.55. The van der Waals surface area contributed by atoms with Crippen LogP contribution >= 0.6 is 11.6 Å². The van der Waals surface area contributed by atoms with Gasteiger partial charge in [-0.15, -0.1) is 0 Å². The van der Waals surface area contributed by atoms with Gasteiger partial charge in [-0.1, -0.05) is 54.1 Å². The Balaban J connectivity index is 1.32. The average Bonchev–Trinajstić information content (AvgIpc) is 2.82. The number of aromatic nitrogens is 1. The summed E-state index contributed by atoms with van der Waals surface area (Å²) in [6.45, 7) is 0.167. The standard InChI is InChI=1S/C24H21ClFN3O3/c25-22-11-10-19(13-27-22)28-23(30)18-8-6-16(7-9-18)12-21-20(26)14-29(21)24(31)32-15-17-4-2-1-3-5-17/h1-11,13,20-21H,12,14-15H2,(H,28,30)/t20-,21-/m0/s1. The molecule has 1 aliphatic heterocycles. The van der Waals surface area contributed by atoms with Crippen molar-refractivity contribution in [2.45, 2.75) is 25.2 Å². The molecule has 0 radical (unpaired) electrons. The third-order valence-electron chi connectivity index (χ3n) is 5.27. The fourth-order valence-electron chi connectivity index (χ4n) is 3.44. The number of amides is 2. The number of pyridine rings is 1. The summed E-state index contributed by atoms with van der Waals surface area (Å²) in [6, 6.07) is 18.8. The van der Waals surface area contributed by atoms with E-state index < -0.39 is 18.3 Å². The van der Waals surface area contributed by atoms with Crippen LogP contribution in [-0.2, 0) is 17.8 Å². The van der Waals surface area contributed by atoms with Crippen LogP contribution < -0.4 is 5.32 Å². The molecule has 0 bridgehead atoms. The van der Waals surface area contributed by atoms with Crippen molar-refractivity contribution in [2.75, 3.05) is 11.9 Å². The molecule has 1 fully saturated rings. The normalized spacial score (nSPS) is 17.4. The van der Waals surface area contributed by atoms with Crippen LogP contribution in [0.2, 0.25) is 5.15 Å². The first-order valence-electron chi connectivity index (χ1n) is 10.1. The smallest absolute Gasteiger partial charge is 0.410 e. The molecular weight excluding hydrogens is 433 g/mol. The van der Waals surface area contributed by atoms with E-state index in [-0.39, 0.29) is 19.1 Å². The Hall–Kier alpha value is -3.45. The number of carbonyl (C=O) groups excluding carboxylic acids is 2. The largest absolute Gasteiger partial charge is 0.445 e. The second-order valence-corrected chi connectivity index (χ2v) is 7.89. The Morgan fingerprint density at radius 3 is 2.47 bits per heavy atom. The van der Waals surface area contributed by atoms with E-state index in [4.69, 9.17) is 16.3 Å². The number of hydrogen-bond donors (Lipinski definition) is 1. The third-order valence-corrected chi connectivity index (χ3v) is 5.50. The van der Waals surface area contributed by atoms with Crippen LogP contribution in [-0.4, -0.2) is 40.6 Å². The molecule has 32 heavy (non-hydrogen) atoms. The summed E-state index contributed by atoms with van der Waals surface area (Å²) in [4.78, 5) is 30.1. The topological polar surface area (TPSA) is 71.5 Å². The van der Waals surface area contributed by atoms with Gasteiger partial charge in [0.1, 0.15) is 17.9 Å². The number of carbonyl (C=O) groups is 2. The van der Waals surface area contributed by atoms with E-state index in [0.29, 0.717) is 22.8 Å². The Kier molecular flexibility index (Phi) is 6.66. The molecule has 3 aromatic rings. The van der Waals surface area contributed by atoms with Gasteiger partial charge in [-0.2, -0.15) is 0 Å². The van der Waals surface area contributed by atoms with Crippen LogP contribution in [0.4, 0.5) is 14.9 Å². The van der Waals surface area contributed by atoms with Crippen molar-refractivity contribution in [3.8, 4) is 0 Å². The number of ether oxygens (including phenoxy) is 1. The highest BCUT2D eigenvalue weighted by Gasteiger charge is 2.43. The fraction of sp³-hybridized carbons (Fsp3) is 0.208. The molecule has 1 aromatic heterocycles. The van der Waals surface area contributed by atoms with Crippen molar-refractivity contribution in [3.05, 3.63) is 94.8 Å². The van der Waals surface area contributed by atoms with Crippen LogP contribution in [0, 0.1) is 0 Å². The maximum atomic E-state index is 14.2. The zero-order valence-corrected chi connectivity index (χ0v) is 17.8. The second-order valence-electron chi connectivity index (χ2n) is 7.50. The maximum Gasteiger partial charge on any atom is 0.410 e. The highest BCUT2D eigenvalue weighted by Crippen LogP contribution is 2.26. The summed E-state index contributed by atoms with van der Waals surface area (Å²) < 4.78 is 19.5. The maximum absolute atomic E-state index is 14.2. The van der Waals surface area contributed by atoms with Gasteiger partial charge in [0.15, 0.2) is 0 Å². The molecule has 6 nitrogen and oxygen atoms in total.